The molecule has 3 aromatic rings. The first-order valence-corrected chi connectivity index (χ1v) is 9.16. The lowest BCUT2D eigenvalue weighted by molar-refractivity contribution is -0.143. The molecule has 1 amide bonds. The summed E-state index contributed by atoms with van der Waals surface area (Å²) in [6, 6.07) is 12.4. The Balaban J connectivity index is 1.68. The smallest absolute Gasteiger partial charge is 0.434 e. The van der Waals surface area contributed by atoms with E-state index in [0.29, 0.717) is 28.5 Å². The predicted molar refractivity (Wildman–Crippen MR) is 100 cm³/mol. The number of ether oxygens (including phenoxy) is 1. The van der Waals surface area contributed by atoms with Crippen LogP contribution in [-0.2, 0) is 6.18 Å². The number of halogens is 4. The second-order valence-corrected chi connectivity index (χ2v) is 6.93. The third-order valence-electron chi connectivity index (χ3n) is 4.62. The quantitative estimate of drug-likeness (QED) is 0.661. The van der Waals surface area contributed by atoms with E-state index in [4.69, 9.17) is 16.3 Å². The van der Waals surface area contributed by atoms with E-state index in [2.05, 4.69) is 10.4 Å². The van der Waals surface area contributed by atoms with Crippen LogP contribution in [0.25, 0.3) is 5.69 Å². The molecule has 4 rings (SSSR count). The number of rotatable bonds is 3. The molecule has 5 nitrogen and oxygen atoms in total. The van der Waals surface area contributed by atoms with E-state index in [9.17, 15) is 18.0 Å². The Hall–Kier alpha value is -3.00. The number of carbonyl (C=O) groups is 1. The number of carbonyl (C=O) groups excluding carboxylic acids is 1. The van der Waals surface area contributed by atoms with E-state index in [-0.39, 0.29) is 5.69 Å². The highest BCUT2D eigenvalue weighted by molar-refractivity contribution is 6.30. The molecule has 2 aromatic carbocycles. The van der Waals surface area contributed by atoms with Crippen LogP contribution in [0.15, 0.2) is 54.7 Å². The Morgan fingerprint density at radius 2 is 1.90 bits per heavy atom. The van der Waals surface area contributed by atoms with Crippen molar-refractivity contribution in [3.05, 3.63) is 76.6 Å². The van der Waals surface area contributed by atoms with Gasteiger partial charge in [0.25, 0.3) is 5.91 Å². The fraction of sp³-hybridized carbons (Fsp3) is 0.200. The van der Waals surface area contributed by atoms with E-state index in [0.717, 1.165) is 11.8 Å². The van der Waals surface area contributed by atoms with Crippen LogP contribution in [0, 0.1) is 0 Å². The van der Waals surface area contributed by atoms with Crippen molar-refractivity contribution in [1.29, 1.82) is 0 Å². The maximum Gasteiger partial charge on any atom is 0.434 e. The summed E-state index contributed by atoms with van der Waals surface area (Å²) in [5.74, 6) is -0.240. The maximum absolute atomic E-state index is 13.8. The van der Waals surface area contributed by atoms with Crippen LogP contribution in [0.5, 0.6) is 5.75 Å². The van der Waals surface area contributed by atoms with Crippen LogP contribution >= 0.6 is 11.6 Å². The number of hydrogen-bond donors (Lipinski definition) is 1. The molecule has 0 radical (unpaired) electrons. The lowest BCUT2D eigenvalue weighted by Crippen LogP contribution is -2.33. The number of fused-ring (bicyclic) bond motifs is 1. The summed E-state index contributed by atoms with van der Waals surface area (Å²) in [6.45, 7) is 0.359. The van der Waals surface area contributed by atoms with Crippen molar-refractivity contribution in [2.75, 3.05) is 6.61 Å². The normalized spacial score (nSPS) is 16.1. The first-order valence-electron chi connectivity index (χ1n) is 8.78. The van der Waals surface area contributed by atoms with Gasteiger partial charge in [-0.15, -0.1) is 0 Å². The SMILES string of the molecule is O=C(NC1CCOc2ccccc21)c1cnn(-c2ccc(Cl)cc2)c1C(F)(F)F. The van der Waals surface area contributed by atoms with Crippen molar-refractivity contribution in [2.24, 2.45) is 0 Å². The van der Waals surface area contributed by atoms with E-state index in [1.807, 2.05) is 0 Å². The fourth-order valence-corrected chi connectivity index (χ4v) is 3.42. The van der Waals surface area contributed by atoms with Crippen LogP contribution in [-0.4, -0.2) is 22.3 Å². The lowest BCUT2D eigenvalue weighted by Gasteiger charge is -2.26. The number of aromatic nitrogens is 2. The zero-order valence-electron chi connectivity index (χ0n) is 14.9. The third kappa shape index (κ3) is 3.80. The predicted octanol–water partition coefficient (Wildman–Crippen LogP) is 4.80. The second-order valence-electron chi connectivity index (χ2n) is 6.49. The molecule has 0 saturated carbocycles. The molecule has 1 unspecified atom stereocenters. The first kappa shape index (κ1) is 19.3. The molecule has 29 heavy (non-hydrogen) atoms. The summed E-state index contributed by atoms with van der Waals surface area (Å²) >= 11 is 5.81. The molecule has 1 aliphatic rings. The summed E-state index contributed by atoms with van der Waals surface area (Å²) in [5.41, 5.74) is -0.808. The summed E-state index contributed by atoms with van der Waals surface area (Å²) < 4.78 is 47.6. The Morgan fingerprint density at radius 1 is 1.17 bits per heavy atom. The highest BCUT2D eigenvalue weighted by atomic mass is 35.5. The number of nitrogens with zero attached hydrogens (tertiary/aromatic N) is 2. The Labute approximate surface area is 169 Å². The van der Waals surface area contributed by atoms with Gasteiger partial charge in [0.1, 0.15) is 5.75 Å². The molecular formula is C20H15ClF3N3O2. The summed E-state index contributed by atoms with van der Waals surface area (Å²) in [7, 11) is 0. The Morgan fingerprint density at radius 3 is 2.62 bits per heavy atom. The molecule has 2 heterocycles. The molecule has 1 aromatic heterocycles. The van der Waals surface area contributed by atoms with Crippen molar-refractivity contribution in [3.8, 4) is 11.4 Å². The highest BCUT2D eigenvalue weighted by Gasteiger charge is 2.41. The molecule has 0 fully saturated rings. The van der Waals surface area contributed by atoms with Gasteiger partial charge >= 0.3 is 6.18 Å². The highest BCUT2D eigenvalue weighted by Crippen LogP contribution is 2.35. The Kier molecular flexibility index (Phi) is 4.96. The van der Waals surface area contributed by atoms with Crippen LogP contribution in [0.3, 0.4) is 0 Å². The van der Waals surface area contributed by atoms with Crippen LogP contribution in [0.4, 0.5) is 13.2 Å². The summed E-state index contributed by atoms with van der Waals surface area (Å²) in [6.07, 6.45) is -3.40. The van der Waals surface area contributed by atoms with Crippen molar-refractivity contribution in [2.45, 2.75) is 18.6 Å². The van der Waals surface area contributed by atoms with Gasteiger partial charge in [0.05, 0.1) is 30.1 Å². The molecule has 9 heteroatoms. The number of para-hydroxylation sites is 1. The monoisotopic (exact) mass is 421 g/mol. The van der Waals surface area contributed by atoms with Crippen LogP contribution < -0.4 is 10.1 Å². The van der Waals surface area contributed by atoms with E-state index in [1.54, 1.807) is 24.3 Å². The van der Waals surface area contributed by atoms with Gasteiger partial charge < -0.3 is 10.1 Å². The van der Waals surface area contributed by atoms with Gasteiger partial charge in [-0.25, -0.2) is 4.68 Å². The zero-order valence-corrected chi connectivity index (χ0v) is 15.7. The molecule has 0 bridgehead atoms. The van der Waals surface area contributed by atoms with Crippen molar-refractivity contribution in [1.82, 2.24) is 15.1 Å². The molecule has 1 aliphatic heterocycles. The van der Waals surface area contributed by atoms with Gasteiger partial charge in [-0.1, -0.05) is 29.8 Å². The van der Waals surface area contributed by atoms with Crippen molar-refractivity contribution < 1.29 is 22.7 Å². The molecular weight excluding hydrogens is 407 g/mol. The molecule has 150 valence electrons. The molecule has 1 atom stereocenters. The van der Waals surface area contributed by atoms with Crippen LogP contribution in [0.2, 0.25) is 5.02 Å². The van der Waals surface area contributed by atoms with Gasteiger partial charge in [0, 0.05) is 17.0 Å². The van der Waals surface area contributed by atoms with E-state index < -0.39 is 29.4 Å². The maximum atomic E-state index is 13.8. The molecule has 0 spiro atoms. The number of alkyl halides is 3. The number of amides is 1. The molecule has 1 N–H and O–H groups in total. The summed E-state index contributed by atoms with van der Waals surface area (Å²) in [5, 5.41) is 6.87. The van der Waals surface area contributed by atoms with E-state index in [1.165, 1.54) is 24.3 Å². The lowest BCUT2D eigenvalue weighted by atomic mass is 10.00. The first-order chi connectivity index (χ1) is 13.8. The van der Waals surface area contributed by atoms with Gasteiger partial charge in [0.2, 0.25) is 0 Å². The minimum Gasteiger partial charge on any atom is -0.493 e. The standard InChI is InChI=1S/C20H15ClF3N3O2/c21-12-5-7-13(8-6-12)27-18(20(22,23)24)15(11-25-27)19(28)26-16-9-10-29-17-4-2-1-3-14(16)17/h1-8,11,16H,9-10H2,(H,26,28). The fourth-order valence-electron chi connectivity index (χ4n) is 3.29. The summed E-state index contributed by atoms with van der Waals surface area (Å²) in [4.78, 5) is 12.8. The molecule has 0 saturated heterocycles. The topological polar surface area (TPSA) is 56.1 Å². The largest absolute Gasteiger partial charge is 0.493 e. The minimum atomic E-state index is -4.78. The van der Waals surface area contributed by atoms with Crippen molar-refractivity contribution >= 4 is 17.5 Å². The van der Waals surface area contributed by atoms with Crippen LogP contribution in [0.1, 0.15) is 34.1 Å². The average molecular weight is 422 g/mol. The van der Waals surface area contributed by atoms with Gasteiger partial charge in [-0.2, -0.15) is 18.3 Å². The minimum absolute atomic E-state index is 0.150. The number of benzene rings is 2. The number of hydrogen-bond acceptors (Lipinski definition) is 3. The second kappa shape index (κ2) is 7.44. The van der Waals surface area contributed by atoms with Gasteiger partial charge in [-0.3, -0.25) is 4.79 Å². The van der Waals surface area contributed by atoms with Crippen molar-refractivity contribution in [3.63, 3.8) is 0 Å². The third-order valence-corrected chi connectivity index (χ3v) is 4.87. The average Bonchev–Trinajstić information content (AvgIpc) is 3.15. The van der Waals surface area contributed by atoms with E-state index >= 15 is 0 Å². The molecule has 0 aliphatic carbocycles. The zero-order chi connectivity index (χ0) is 20.6. The van der Waals surface area contributed by atoms with Gasteiger partial charge in [-0.05, 0) is 30.3 Å². The Bertz CT molecular complexity index is 1050. The van der Waals surface area contributed by atoms with Gasteiger partial charge in [0.15, 0.2) is 5.69 Å². The number of nitrogens with one attached hydrogen (secondary N) is 1.